The molecule has 14 heavy (non-hydrogen) atoms. The molecular formula is C8H7ClFNO3. The Hall–Kier alpha value is -1.49. The second-order valence-corrected chi connectivity index (χ2v) is 2.89. The van der Waals surface area contributed by atoms with E-state index in [-0.39, 0.29) is 16.5 Å². The molecule has 6 heteroatoms. The fourth-order valence-electron chi connectivity index (χ4n) is 0.808. The van der Waals surface area contributed by atoms with Gasteiger partial charge in [-0.3, -0.25) is 0 Å². The van der Waals surface area contributed by atoms with Gasteiger partial charge in [-0.15, -0.1) is 0 Å². The van der Waals surface area contributed by atoms with Crippen molar-refractivity contribution in [1.82, 2.24) is 0 Å². The fraction of sp³-hybridized carbons (Fsp3) is 0.125. The molecule has 0 spiro atoms. The Balaban J connectivity index is 2.87. The summed E-state index contributed by atoms with van der Waals surface area (Å²) in [5.74, 6) is -1.91. The third kappa shape index (κ3) is 2.50. The normalized spacial score (nSPS) is 9.86. The van der Waals surface area contributed by atoms with E-state index in [1.54, 1.807) is 0 Å². The molecule has 1 aromatic carbocycles. The summed E-state index contributed by atoms with van der Waals surface area (Å²) >= 11 is 5.42. The lowest BCUT2D eigenvalue weighted by Crippen LogP contribution is -2.10. The van der Waals surface area contributed by atoms with E-state index in [0.29, 0.717) is 0 Å². The van der Waals surface area contributed by atoms with Crippen molar-refractivity contribution in [2.45, 2.75) is 0 Å². The molecule has 0 unspecified atom stereocenters. The first kappa shape index (κ1) is 10.6. The molecule has 1 rings (SSSR count). The van der Waals surface area contributed by atoms with Crippen LogP contribution in [0.25, 0.3) is 0 Å². The largest absolute Gasteiger partial charge is 0.480 e. The number of nitrogen functional groups attached to an aromatic ring is 1. The standard InChI is InChI=1S/C8H7ClFNO3/c9-4-1-6(11)7(2-5(4)10)14-3-8(12)13/h1-2H,3,11H2,(H,12,13). The molecule has 0 saturated heterocycles. The zero-order valence-electron chi connectivity index (χ0n) is 6.96. The van der Waals surface area contributed by atoms with Crippen LogP contribution in [-0.4, -0.2) is 17.7 Å². The predicted octanol–water partition coefficient (Wildman–Crippen LogP) is 1.52. The second-order valence-electron chi connectivity index (χ2n) is 2.49. The number of aliphatic carboxylic acids is 1. The maximum Gasteiger partial charge on any atom is 0.341 e. The van der Waals surface area contributed by atoms with Gasteiger partial charge in [-0.2, -0.15) is 0 Å². The molecule has 76 valence electrons. The lowest BCUT2D eigenvalue weighted by atomic mass is 10.3. The Morgan fingerprint density at radius 2 is 2.29 bits per heavy atom. The Morgan fingerprint density at radius 3 is 2.86 bits per heavy atom. The van der Waals surface area contributed by atoms with Crippen LogP contribution in [0.1, 0.15) is 0 Å². The maximum atomic E-state index is 12.9. The number of benzene rings is 1. The predicted molar refractivity (Wildman–Crippen MR) is 49.0 cm³/mol. The number of halogens is 2. The molecule has 0 amide bonds. The molecule has 3 N–H and O–H groups in total. The van der Waals surface area contributed by atoms with Gasteiger partial charge in [0.05, 0.1) is 10.7 Å². The average molecular weight is 220 g/mol. The number of carbonyl (C=O) groups is 1. The van der Waals surface area contributed by atoms with Gasteiger partial charge in [0.1, 0.15) is 11.6 Å². The molecule has 4 nitrogen and oxygen atoms in total. The summed E-state index contributed by atoms with van der Waals surface area (Å²) in [7, 11) is 0. The average Bonchev–Trinajstić information content (AvgIpc) is 2.09. The number of anilines is 1. The molecule has 0 atom stereocenters. The molecule has 0 aliphatic carbocycles. The van der Waals surface area contributed by atoms with E-state index in [1.807, 2.05) is 0 Å². The van der Waals surface area contributed by atoms with Crippen molar-refractivity contribution in [3.8, 4) is 5.75 Å². The van der Waals surface area contributed by atoms with Gasteiger partial charge in [0.2, 0.25) is 0 Å². The maximum absolute atomic E-state index is 12.9. The van der Waals surface area contributed by atoms with E-state index in [0.717, 1.165) is 12.1 Å². The molecule has 0 radical (unpaired) electrons. The van der Waals surface area contributed by atoms with E-state index in [4.69, 9.17) is 27.2 Å². The van der Waals surface area contributed by atoms with Crippen molar-refractivity contribution < 1.29 is 19.0 Å². The molecule has 0 fully saturated rings. The zero-order valence-corrected chi connectivity index (χ0v) is 7.71. The van der Waals surface area contributed by atoms with Crippen LogP contribution in [0, 0.1) is 5.82 Å². The molecule has 0 saturated carbocycles. The highest BCUT2D eigenvalue weighted by Crippen LogP contribution is 2.27. The van der Waals surface area contributed by atoms with Crippen LogP contribution in [-0.2, 0) is 4.79 Å². The van der Waals surface area contributed by atoms with Gasteiger partial charge in [0.25, 0.3) is 0 Å². The second kappa shape index (κ2) is 4.15. The van der Waals surface area contributed by atoms with Crippen LogP contribution >= 0.6 is 11.6 Å². The first-order valence-electron chi connectivity index (χ1n) is 3.60. The smallest absolute Gasteiger partial charge is 0.341 e. The quantitative estimate of drug-likeness (QED) is 0.756. The lowest BCUT2D eigenvalue weighted by molar-refractivity contribution is -0.139. The van der Waals surface area contributed by atoms with Gasteiger partial charge in [-0.25, -0.2) is 9.18 Å². The monoisotopic (exact) mass is 219 g/mol. The fourth-order valence-corrected chi connectivity index (χ4v) is 0.981. The van der Waals surface area contributed by atoms with Crippen LogP contribution in [0.5, 0.6) is 5.75 Å². The number of hydrogen-bond donors (Lipinski definition) is 2. The summed E-state index contributed by atoms with van der Waals surface area (Å²) in [4.78, 5) is 10.2. The van der Waals surface area contributed by atoms with Crippen LogP contribution in [0.3, 0.4) is 0 Å². The van der Waals surface area contributed by atoms with Crippen molar-refractivity contribution in [2.24, 2.45) is 0 Å². The number of carboxylic acid groups (broad SMARTS) is 1. The summed E-state index contributed by atoms with van der Waals surface area (Å²) in [6, 6.07) is 2.11. The molecular weight excluding hydrogens is 213 g/mol. The summed E-state index contributed by atoms with van der Waals surface area (Å²) < 4.78 is 17.6. The number of ether oxygens (including phenoxy) is 1. The van der Waals surface area contributed by atoms with Gasteiger partial charge in [0.15, 0.2) is 6.61 Å². The molecule has 1 aromatic rings. The highest BCUT2D eigenvalue weighted by Gasteiger charge is 2.08. The van der Waals surface area contributed by atoms with Crippen LogP contribution in [0.4, 0.5) is 10.1 Å². The number of carboxylic acids is 1. The number of rotatable bonds is 3. The van der Waals surface area contributed by atoms with Crippen LogP contribution < -0.4 is 10.5 Å². The minimum absolute atomic E-state index is 0.0331. The molecule has 0 bridgehead atoms. The minimum atomic E-state index is -1.17. The third-order valence-electron chi connectivity index (χ3n) is 1.40. The van der Waals surface area contributed by atoms with E-state index in [9.17, 15) is 9.18 Å². The van der Waals surface area contributed by atoms with E-state index in [1.165, 1.54) is 0 Å². The minimum Gasteiger partial charge on any atom is -0.480 e. The Labute approximate surface area is 84.0 Å². The topological polar surface area (TPSA) is 72.5 Å². The van der Waals surface area contributed by atoms with E-state index >= 15 is 0 Å². The van der Waals surface area contributed by atoms with Gasteiger partial charge < -0.3 is 15.6 Å². The summed E-state index contributed by atoms with van der Waals surface area (Å²) in [6.45, 7) is -0.578. The van der Waals surface area contributed by atoms with Crippen LogP contribution in [0.2, 0.25) is 5.02 Å². The van der Waals surface area contributed by atoms with E-state index in [2.05, 4.69) is 0 Å². The first-order valence-corrected chi connectivity index (χ1v) is 3.97. The molecule has 0 aliphatic rings. The highest BCUT2D eigenvalue weighted by molar-refractivity contribution is 6.31. The lowest BCUT2D eigenvalue weighted by Gasteiger charge is -2.07. The van der Waals surface area contributed by atoms with Crippen molar-refractivity contribution in [2.75, 3.05) is 12.3 Å². The zero-order chi connectivity index (χ0) is 10.7. The van der Waals surface area contributed by atoms with Crippen molar-refractivity contribution in [1.29, 1.82) is 0 Å². The van der Waals surface area contributed by atoms with Crippen molar-refractivity contribution >= 4 is 23.3 Å². The van der Waals surface area contributed by atoms with Gasteiger partial charge >= 0.3 is 5.97 Å². The number of hydrogen-bond acceptors (Lipinski definition) is 3. The molecule has 0 aromatic heterocycles. The first-order chi connectivity index (χ1) is 6.50. The molecule has 0 aliphatic heterocycles. The van der Waals surface area contributed by atoms with Gasteiger partial charge in [-0.1, -0.05) is 11.6 Å². The summed E-state index contributed by atoms with van der Waals surface area (Å²) in [6.07, 6.45) is 0. The Morgan fingerprint density at radius 1 is 1.64 bits per heavy atom. The van der Waals surface area contributed by atoms with Gasteiger partial charge in [0, 0.05) is 6.07 Å². The van der Waals surface area contributed by atoms with Crippen molar-refractivity contribution in [3.63, 3.8) is 0 Å². The van der Waals surface area contributed by atoms with E-state index < -0.39 is 18.4 Å². The van der Waals surface area contributed by atoms with Crippen LogP contribution in [0.15, 0.2) is 12.1 Å². The number of nitrogens with two attached hydrogens (primary N) is 1. The third-order valence-corrected chi connectivity index (χ3v) is 1.69. The Bertz CT molecular complexity index is 370. The summed E-state index contributed by atoms with van der Waals surface area (Å²) in [5, 5.41) is 8.17. The molecule has 0 heterocycles. The van der Waals surface area contributed by atoms with Gasteiger partial charge in [-0.05, 0) is 6.07 Å². The summed E-state index contributed by atoms with van der Waals surface area (Å²) in [5.41, 5.74) is 5.50. The SMILES string of the molecule is Nc1cc(Cl)c(F)cc1OCC(=O)O. The van der Waals surface area contributed by atoms with Crippen molar-refractivity contribution in [3.05, 3.63) is 23.0 Å². The Kier molecular flexibility index (Phi) is 3.14. The highest BCUT2D eigenvalue weighted by atomic mass is 35.5.